The number of hydrogen-bond acceptors (Lipinski definition) is 7. The van der Waals surface area contributed by atoms with Crippen molar-refractivity contribution in [1.29, 1.82) is 5.26 Å². The summed E-state index contributed by atoms with van der Waals surface area (Å²) in [5.74, 6) is -0.387. The van der Waals surface area contributed by atoms with Gasteiger partial charge < -0.3 is 14.7 Å². The molecule has 0 saturated carbocycles. The van der Waals surface area contributed by atoms with Gasteiger partial charge >= 0.3 is 0 Å². The van der Waals surface area contributed by atoms with E-state index in [9.17, 15) is 18.8 Å². The van der Waals surface area contributed by atoms with Gasteiger partial charge in [0.15, 0.2) is 17.2 Å². The van der Waals surface area contributed by atoms with Crippen LogP contribution in [0.25, 0.3) is 33.1 Å². The average Bonchev–Trinajstić information content (AvgIpc) is 3.43. The number of aryl methyl sites for hydroxylation is 2. The van der Waals surface area contributed by atoms with Gasteiger partial charge in [-0.1, -0.05) is 23.4 Å². The van der Waals surface area contributed by atoms with Gasteiger partial charge in [-0.15, -0.1) is 5.10 Å². The number of piperidine rings is 1. The molecule has 0 radical (unpaired) electrons. The van der Waals surface area contributed by atoms with E-state index in [-0.39, 0.29) is 24.5 Å². The number of amides is 1. The molecular weight excluding hydrogens is 593 g/mol. The van der Waals surface area contributed by atoms with Crippen molar-refractivity contribution in [2.45, 2.75) is 64.6 Å². The third-order valence-corrected chi connectivity index (χ3v) is 9.61. The Morgan fingerprint density at radius 2 is 1.93 bits per heavy atom. The highest BCUT2D eigenvalue weighted by molar-refractivity contribution is 6.08. The molecule has 1 amide bonds. The molecule has 0 bridgehead atoms. The summed E-state index contributed by atoms with van der Waals surface area (Å²) in [5.41, 5.74) is 5.62. The van der Waals surface area contributed by atoms with Crippen LogP contribution in [0.2, 0.25) is 0 Å². The van der Waals surface area contributed by atoms with Crippen LogP contribution in [-0.4, -0.2) is 87.9 Å². The Balaban J connectivity index is 1.49. The molecule has 0 spiro atoms. The van der Waals surface area contributed by atoms with Crippen molar-refractivity contribution in [3.63, 3.8) is 0 Å². The zero-order valence-corrected chi connectivity index (χ0v) is 26.6. The van der Waals surface area contributed by atoms with Gasteiger partial charge in [0.05, 0.1) is 18.5 Å². The molecule has 2 aliphatic rings. The lowest BCUT2D eigenvalue weighted by atomic mass is 9.91. The van der Waals surface area contributed by atoms with Gasteiger partial charge in [0.2, 0.25) is 5.91 Å². The van der Waals surface area contributed by atoms with Gasteiger partial charge in [-0.25, -0.2) is 22.8 Å². The number of hydrogen-bond donors (Lipinski definition) is 0. The van der Waals surface area contributed by atoms with Crippen LogP contribution in [-0.2, 0) is 4.79 Å². The molecular formula is C34H37F3N8O. The van der Waals surface area contributed by atoms with Crippen molar-refractivity contribution < 1.29 is 18.0 Å². The predicted octanol–water partition coefficient (Wildman–Crippen LogP) is 5.73. The topological polar surface area (TPSA) is 94.2 Å². The largest absolute Gasteiger partial charge is 0.351 e. The number of rotatable bonds is 7. The highest BCUT2D eigenvalue weighted by atomic mass is 19.3. The number of likely N-dealkylation sites (tertiary alicyclic amines) is 1. The number of halogens is 3. The summed E-state index contributed by atoms with van der Waals surface area (Å²) < 4.78 is 44.2. The molecule has 240 valence electrons. The fourth-order valence-electron chi connectivity index (χ4n) is 6.79. The molecule has 2 aliphatic heterocycles. The average molecular weight is 631 g/mol. The normalized spacial score (nSPS) is 19.2. The molecule has 2 fully saturated rings. The maximum atomic E-state index is 16.9. The molecule has 4 heterocycles. The third kappa shape index (κ3) is 5.47. The van der Waals surface area contributed by atoms with Gasteiger partial charge in [-0.2, -0.15) is 5.26 Å². The third-order valence-electron chi connectivity index (χ3n) is 9.61. The molecule has 2 aromatic carbocycles. The number of allylic oxidation sites excluding steroid dienone is 1. The Morgan fingerprint density at radius 3 is 2.63 bits per heavy atom. The summed E-state index contributed by atoms with van der Waals surface area (Å²) in [7, 11) is 4.05. The summed E-state index contributed by atoms with van der Waals surface area (Å²) in [4.78, 5) is 23.4. The highest BCUT2D eigenvalue weighted by Crippen LogP contribution is 2.41. The Hall–Kier alpha value is -4.50. The van der Waals surface area contributed by atoms with Crippen molar-refractivity contribution in [2.75, 3.05) is 38.6 Å². The van der Waals surface area contributed by atoms with E-state index in [2.05, 4.69) is 26.2 Å². The second-order valence-electron chi connectivity index (χ2n) is 12.6. The van der Waals surface area contributed by atoms with Crippen LogP contribution in [0.4, 0.5) is 19.0 Å². The van der Waals surface area contributed by atoms with E-state index in [0.717, 1.165) is 28.3 Å². The maximum Gasteiger partial charge on any atom is 0.257 e. The SMILES string of the molecule is Cc1cccc(-c2c(C)cc3c(nc(N4CC(N(C)C)C4)c4nnn([C@H]5CCN(C(=O)/C=C/C(F)F)[C@H](CC#N)C5)c43)c2F)c1C. The summed E-state index contributed by atoms with van der Waals surface area (Å²) in [5, 5.41) is 19.3. The van der Waals surface area contributed by atoms with Gasteiger partial charge in [0, 0.05) is 48.7 Å². The molecule has 4 aromatic rings. The minimum Gasteiger partial charge on any atom is -0.351 e. The van der Waals surface area contributed by atoms with E-state index in [4.69, 9.17) is 4.98 Å². The van der Waals surface area contributed by atoms with Gasteiger partial charge in [-0.05, 0) is 82.1 Å². The summed E-state index contributed by atoms with van der Waals surface area (Å²) in [6.07, 6.45) is -0.442. The fraction of sp³-hybridized carbons (Fsp3) is 0.441. The second kappa shape index (κ2) is 12.4. The molecule has 0 aliphatic carbocycles. The van der Waals surface area contributed by atoms with Crippen molar-refractivity contribution in [1.82, 2.24) is 29.8 Å². The molecule has 0 N–H and O–H groups in total. The van der Waals surface area contributed by atoms with E-state index in [1.807, 2.05) is 59.1 Å². The number of carbonyl (C=O) groups excluding carboxylic acids is 1. The van der Waals surface area contributed by atoms with Crippen molar-refractivity contribution in [3.05, 3.63) is 58.9 Å². The molecule has 2 saturated heterocycles. The number of nitrogens with zero attached hydrogens (tertiary/aromatic N) is 8. The summed E-state index contributed by atoms with van der Waals surface area (Å²) in [6, 6.07) is 9.52. The Bertz CT molecular complexity index is 1890. The Morgan fingerprint density at radius 1 is 1.17 bits per heavy atom. The standard InChI is InChI=1S/C34H37F3N8O/c1-19-7-6-8-25(21(19)3)29-20(2)15-26-31(30(29)37)39-34(43-17-24(18-43)42(4)5)32-33(26)45(41-40-32)23-12-14-44(22(16-23)11-13-38)28(46)10-9-27(35)36/h6-10,15,22-24,27H,11-12,14,16-18H2,1-5H3/b10-9+/t22-,23+/m1/s1. The van der Waals surface area contributed by atoms with E-state index in [0.29, 0.717) is 65.8 Å². The molecule has 0 unspecified atom stereocenters. The number of benzene rings is 2. The lowest BCUT2D eigenvalue weighted by Crippen LogP contribution is -2.57. The van der Waals surface area contributed by atoms with Gasteiger partial charge in [0.1, 0.15) is 11.0 Å². The second-order valence-corrected chi connectivity index (χ2v) is 12.6. The zero-order valence-electron chi connectivity index (χ0n) is 26.6. The molecule has 2 aromatic heterocycles. The maximum absolute atomic E-state index is 16.9. The first-order chi connectivity index (χ1) is 22.0. The monoisotopic (exact) mass is 630 g/mol. The van der Waals surface area contributed by atoms with E-state index in [1.165, 1.54) is 4.90 Å². The smallest absolute Gasteiger partial charge is 0.257 e. The van der Waals surface area contributed by atoms with Gasteiger partial charge in [0.25, 0.3) is 6.43 Å². The van der Waals surface area contributed by atoms with Crippen molar-refractivity contribution in [3.8, 4) is 17.2 Å². The van der Waals surface area contributed by atoms with Crippen LogP contribution in [0, 0.1) is 37.9 Å². The van der Waals surface area contributed by atoms with E-state index < -0.39 is 24.2 Å². The Kier molecular flexibility index (Phi) is 8.46. The first-order valence-electron chi connectivity index (χ1n) is 15.5. The van der Waals surface area contributed by atoms with E-state index in [1.54, 1.807) is 4.68 Å². The molecule has 2 atom stereocenters. The highest BCUT2D eigenvalue weighted by Gasteiger charge is 2.36. The minimum atomic E-state index is -2.74. The number of fused-ring (bicyclic) bond motifs is 3. The number of likely N-dealkylation sites (N-methyl/N-ethyl adjacent to an activating group) is 1. The quantitative estimate of drug-likeness (QED) is 0.241. The fourth-order valence-corrected chi connectivity index (χ4v) is 6.79. The molecule has 12 heteroatoms. The number of nitriles is 1. The Labute approximate surface area is 265 Å². The van der Waals surface area contributed by atoms with E-state index >= 15 is 4.39 Å². The predicted molar refractivity (Wildman–Crippen MR) is 171 cm³/mol. The number of aromatic nitrogens is 4. The van der Waals surface area contributed by atoms with Crippen molar-refractivity contribution in [2.24, 2.45) is 0 Å². The number of alkyl halides is 2. The molecule has 9 nitrogen and oxygen atoms in total. The lowest BCUT2D eigenvalue weighted by molar-refractivity contribution is -0.130. The van der Waals surface area contributed by atoms with Crippen LogP contribution >= 0.6 is 0 Å². The first-order valence-corrected chi connectivity index (χ1v) is 15.5. The summed E-state index contributed by atoms with van der Waals surface area (Å²) in [6.45, 7) is 7.57. The van der Waals surface area contributed by atoms with Crippen LogP contribution in [0.15, 0.2) is 36.4 Å². The van der Waals surface area contributed by atoms with Crippen LogP contribution in [0.1, 0.15) is 42.0 Å². The number of carbonyl (C=O) groups is 1. The van der Waals surface area contributed by atoms with Gasteiger partial charge in [-0.3, -0.25) is 4.79 Å². The van der Waals surface area contributed by atoms with Crippen LogP contribution in [0.5, 0.6) is 0 Å². The first kappa shape index (κ1) is 31.5. The van der Waals surface area contributed by atoms with Crippen LogP contribution < -0.4 is 4.90 Å². The summed E-state index contributed by atoms with van der Waals surface area (Å²) >= 11 is 0. The number of anilines is 1. The lowest BCUT2D eigenvalue weighted by Gasteiger charge is -2.43. The molecule has 46 heavy (non-hydrogen) atoms. The molecule has 6 rings (SSSR count). The van der Waals surface area contributed by atoms with Crippen molar-refractivity contribution >= 4 is 33.7 Å². The zero-order chi connectivity index (χ0) is 32.9. The van der Waals surface area contributed by atoms with Crippen LogP contribution in [0.3, 0.4) is 0 Å². The number of pyridine rings is 1. The minimum absolute atomic E-state index is 0.0393.